The van der Waals surface area contributed by atoms with E-state index in [4.69, 9.17) is 4.42 Å². The van der Waals surface area contributed by atoms with E-state index < -0.39 is 43.0 Å². The second kappa shape index (κ2) is 6.90. The van der Waals surface area contributed by atoms with Crippen LogP contribution in [-0.4, -0.2) is 46.3 Å². The van der Waals surface area contributed by atoms with Crippen molar-refractivity contribution in [1.82, 2.24) is 9.80 Å². The van der Waals surface area contributed by atoms with Crippen molar-refractivity contribution in [3.05, 3.63) is 59.5 Å². The normalized spacial score (nSPS) is 15.0. The molecule has 0 fully saturated rings. The highest BCUT2D eigenvalue weighted by Gasteiger charge is 2.43. The predicted octanol–water partition coefficient (Wildman–Crippen LogP) is 2.86. The summed E-state index contributed by atoms with van der Waals surface area (Å²) >= 11 is 0. The Bertz CT molecular complexity index is 842. The number of furan rings is 1. The quantitative estimate of drug-likeness (QED) is 0.748. The van der Waals surface area contributed by atoms with Crippen LogP contribution in [0, 0.1) is 0 Å². The number of hydrogen-bond donors (Lipinski definition) is 0. The fourth-order valence-electron chi connectivity index (χ4n) is 2.95. The summed E-state index contributed by atoms with van der Waals surface area (Å²) < 4.78 is 43.8. The zero-order valence-corrected chi connectivity index (χ0v) is 14.2. The first-order chi connectivity index (χ1) is 12.7. The molecule has 142 valence electrons. The van der Waals surface area contributed by atoms with Crippen LogP contribution in [0.1, 0.15) is 33.4 Å². The van der Waals surface area contributed by atoms with Gasteiger partial charge in [-0.05, 0) is 31.2 Å². The van der Waals surface area contributed by atoms with Crippen LogP contribution in [-0.2, 0) is 11.3 Å². The van der Waals surface area contributed by atoms with Gasteiger partial charge in [0, 0.05) is 0 Å². The summed E-state index contributed by atoms with van der Waals surface area (Å²) in [6.45, 7) is -0.728. The Morgan fingerprint density at radius 1 is 1.11 bits per heavy atom. The van der Waals surface area contributed by atoms with E-state index in [2.05, 4.69) is 0 Å². The van der Waals surface area contributed by atoms with Crippen molar-refractivity contribution in [1.29, 1.82) is 0 Å². The van der Waals surface area contributed by atoms with Gasteiger partial charge in [0.25, 0.3) is 11.8 Å². The van der Waals surface area contributed by atoms with Gasteiger partial charge in [-0.25, -0.2) is 0 Å². The van der Waals surface area contributed by atoms with Crippen molar-refractivity contribution in [2.75, 3.05) is 6.54 Å². The summed E-state index contributed by atoms with van der Waals surface area (Å²) in [5.41, 5.74) is 0.242. The van der Waals surface area contributed by atoms with Crippen LogP contribution in [0.15, 0.2) is 47.1 Å². The number of carbonyl (C=O) groups excluding carboxylic acids is 3. The van der Waals surface area contributed by atoms with Gasteiger partial charge in [0.05, 0.1) is 23.9 Å². The first-order valence-electron chi connectivity index (χ1n) is 8.04. The molecule has 0 aliphatic carbocycles. The molecule has 1 unspecified atom stereocenters. The van der Waals surface area contributed by atoms with E-state index in [1.54, 1.807) is 12.1 Å². The summed E-state index contributed by atoms with van der Waals surface area (Å²) in [5, 5.41) is 0. The van der Waals surface area contributed by atoms with Gasteiger partial charge in [-0.3, -0.25) is 19.3 Å². The van der Waals surface area contributed by atoms with Crippen molar-refractivity contribution in [2.45, 2.75) is 25.7 Å². The van der Waals surface area contributed by atoms with Crippen molar-refractivity contribution >= 4 is 17.7 Å². The van der Waals surface area contributed by atoms with Crippen LogP contribution in [0.5, 0.6) is 0 Å². The highest BCUT2D eigenvalue weighted by Crippen LogP contribution is 2.26. The smallest absolute Gasteiger partial charge is 0.406 e. The first kappa shape index (κ1) is 18.7. The van der Waals surface area contributed by atoms with Crippen LogP contribution in [0.25, 0.3) is 0 Å². The summed E-state index contributed by atoms with van der Waals surface area (Å²) in [5.74, 6) is -2.26. The molecule has 1 aliphatic rings. The van der Waals surface area contributed by atoms with Gasteiger partial charge in [-0.2, -0.15) is 13.2 Å². The molecule has 3 rings (SSSR count). The van der Waals surface area contributed by atoms with Crippen LogP contribution in [0.2, 0.25) is 0 Å². The Kier molecular flexibility index (Phi) is 4.77. The molecule has 0 radical (unpaired) electrons. The topological polar surface area (TPSA) is 70.8 Å². The van der Waals surface area contributed by atoms with Gasteiger partial charge in [-0.15, -0.1) is 0 Å². The third kappa shape index (κ3) is 3.71. The van der Waals surface area contributed by atoms with E-state index in [1.807, 2.05) is 0 Å². The maximum Gasteiger partial charge on any atom is 0.406 e. The number of hydrogen-bond acceptors (Lipinski definition) is 4. The molecule has 27 heavy (non-hydrogen) atoms. The lowest BCUT2D eigenvalue weighted by atomic mass is 10.1. The highest BCUT2D eigenvalue weighted by atomic mass is 19.4. The Hall–Kier alpha value is -3.10. The third-order valence-corrected chi connectivity index (χ3v) is 4.18. The SMILES string of the molecule is CC(C(=O)N(Cc1ccco1)CC(F)(F)F)N1C(=O)c2ccccc2C1=O. The van der Waals surface area contributed by atoms with E-state index in [0.29, 0.717) is 9.80 Å². The molecule has 3 amide bonds. The van der Waals surface area contributed by atoms with Crippen molar-refractivity contribution in [3.63, 3.8) is 0 Å². The van der Waals surface area contributed by atoms with Crippen LogP contribution < -0.4 is 0 Å². The first-order valence-corrected chi connectivity index (χ1v) is 8.04. The number of nitrogens with zero attached hydrogens (tertiary/aromatic N) is 2. The lowest BCUT2D eigenvalue weighted by Gasteiger charge is -2.29. The molecule has 0 saturated carbocycles. The summed E-state index contributed by atoms with van der Waals surface area (Å²) in [7, 11) is 0. The Balaban J connectivity index is 1.85. The molecular weight excluding hydrogens is 365 g/mol. The predicted molar refractivity (Wildman–Crippen MR) is 86.6 cm³/mol. The molecular formula is C18H15F3N2O4. The van der Waals surface area contributed by atoms with E-state index in [0.717, 1.165) is 0 Å². The van der Waals surface area contributed by atoms with E-state index >= 15 is 0 Å². The fourth-order valence-corrected chi connectivity index (χ4v) is 2.95. The van der Waals surface area contributed by atoms with Crippen LogP contribution in [0.4, 0.5) is 13.2 Å². The summed E-state index contributed by atoms with van der Waals surface area (Å²) in [6, 6.07) is 7.52. The van der Waals surface area contributed by atoms with Gasteiger partial charge in [0.2, 0.25) is 5.91 Å². The van der Waals surface area contributed by atoms with Crippen LogP contribution >= 0.6 is 0 Å². The van der Waals surface area contributed by atoms with Crippen LogP contribution in [0.3, 0.4) is 0 Å². The average molecular weight is 380 g/mol. The maximum atomic E-state index is 12.9. The summed E-state index contributed by atoms with van der Waals surface area (Å²) in [4.78, 5) is 38.9. The lowest BCUT2D eigenvalue weighted by molar-refractivity contribution is -0.164. The van der Waals surface area contributed by atoms with Crippen molar-refractivity contribution in [2.24, 2.45) is 0 Å². The van der Waals surface area contributed by atoms with Gasteiger partial charge < -0.3 is 9.32 Å². The Morgan fingerprint density at radius 2 is 1.70 bits per heavy atom. The number of amides is 3. The standard InChI is InChI=1S/C18H15F3N2O4/c1-11(23-16(25)13-6-2-3-7-14(13)17(23)26)15(24)22(10-18(19,20)21)9-12-5-4-8-27-12/h2-8,11H,9-10H2,1H3. The van der Waals surface area contributed by atoms with Crippen molar-refractivity contribution < 1.29 is 32.0 Å². The molecule has 0 bridgehead atoms. The zero-order chi connectivity index (χ0) is 19.8. The summed E-state index contributed by atoms with van der Waals surface area (Å²) in [6.07, 6.45) is -3.37. The minimum absolute atomic E-state index is 0.121. The second-order valence-corrected chi connectivity index (χ2v) is 6.09. The molecule has 6 nitrogen and oxygen atoms in total. The molecule has 0 spiro atoms. The number of rotatable bonds is 5. The fraction of sp³-hybridized carbons (Fsp3) is 0.278. The maximum absolute atomic E-state index is 12.9. The van der Waals surface area contributed by atoms with Gasteiger partial charge in [-0.1, -0.05) is 12.1 Å². The number of fused-ring (bicyclic) bond motifs is 1. The molecule has 1 aromatic carbocycles. The van der Waals surface area contributed by atoms with E-state index in [1.165, 1.54) is 37.5 Å². The number of carbonyl (C=O) groups is 3. The Morgan fingerprint density at radius 3 is 2.19 bits per heavy atom. The molecule has 1 aromatic heterocycles. The molecule has 1 aliphatic heterocycles. The molecule has 1 atom stereocenters. The average Bonchev–Trinajstić information content (AvgIpc) is 3.20. The van der Waals surface area contributed by atoms with E-state index in [-0.39, 0.29) is 16.9 Å². The molecule has 2 aromatic rings. The number of alkyl halides is 3. The van der Waals surface area contributed by atoms with Gasteiger partial charge >= 0.3 is 6.18 Å². The highest BCUT2D eigenvalue weighted by molar-refractivity contribution is 6.22. The lowest BCUT2D eigenvalue weighted by Crippen LogP contribution is -2.51. The molecule has 0 saturated heterocycles. The Labute approximate surface area is 152 Å². The van der Waals surface area contributed by atoms with E-state index in [9.17, 15) is 27.6 Å². The van der Waals surface area contributed by atoms with Gasteiger partial charge in [0.1, 0.15) is 18.3 Å². The van der Waals surface area contributed by atoms with Gasteiger partial charge in [0.15, 0.2) is 0 Å². The monoisotopic (exact) mass is 380 g/mol. The molecule has 9 heteroatoms. The largest absolute Gasteiger partial charge is 0.467 e. The number of imide groups is 1. The van der Waals surface area contributed by atoms with Crippen molar-refractivity contribution in [3.8, 4) is 0 Å². The number of halogens is 3. The second-order valence-electron chi connectivity index (χ2n) is 6.09. The minimum Gasteiger partial charge on any atom is -0.467 e. The molecule has 2 heterocycles. The minimum atomic E-state index is -4.65. The number of benzene rings is 1. The zero-order valence-electron chi connectivity index (χ0n) is 14.2. The molecule has 0 N–H and O–H groups in total. The third-order valence-electron chi connectivity index (χ3n) is 4.18.